The molecule has 0 bridgehead atoms. The third-order valence-electron chi connectivity index (χ3n) is 3.16. The first kappa shape index (κ1) is 17.6. The van der Waals surface area contributed by atoms with Gasteiger partial charge >= 0.3 is 0 Å². The minimum Gasteiger partial charge on any atom is -0.347 e. The second kappa shape index (κ2) is 6.15. The molecule has 0 radical (unpaired) electrons. The number of nitrogens with one attached hydrogen (secondary N) is 1. The summed E-state index contributed by atoms with van der Waals surface area (Å²) >= 11 is 0. The molecular weight excluding hydrogens is 292 g/mol. The highest BCUT2D eigenvalue weighted by atomic mass is 32.2. The van der Waals surface area contributed by atoms with Crippen molar-refractivity contribution >= 4 is 15.9 Å². The molecule has 1 atom stereocenters. The SMILES string of the molecule is Cc1nn(C(C)C)c(C)c1S(=O)(=O)NC(C)C(=O)N(C)C. The lowest BCUT2D eigenvalue weighted by molar-refractivity contribution is -0.130. The van der Waals surface area contributed by atoms with Crippen LogP contribution in [0.4, 0.5) is 0 Å². The van der Waals surface area contributed by atoms with Crippen molar-refractivity contribution in [2.75, 3.05) is 14.1 Å². The smallest absolute Gasteiger partial charge is 0.244 e. The molecule has 21 heavy (non-hydrogen) atoms. The van der Waals surface area contributed by atoms with Crippen LogP contribution >= 0.6 is 0 Å². The molecule has 0 saturated heterocycles. The first-order valence-electron chi connectivity index (χ1n) is 6.78. The van der Waals surface area contributed by atoms with Crippen molar-refractivity contribution in [2.24, 2.45) is 0 Å². The molecule has 0 aliphatic rings. The zero-order chi connectivity index (χ0) is 16.5. The van der Waals surface area contributed by atoms with Crippen molar-refractivity contribution < 1.29 is 13.2 Å². The largest absolute Gasteiger partial charge is 0.347 e. The molecule has 1 rings (SSSR count). The molecule has 0 fully saturated rings. The Morgan fingerprint density at radius 1 is 1.24 bits per heavy atom. The number of hydrogen-bond acceptors (Lipinski definition) is 4. The van der Waals surface area contributed by atoms with E-state index in [2.05, 4.69) is 9.82 Å². The van der Waals surface area contributed by atoms with E-state index in [1.165, 1.54) is 11.8 Å². The lowest BCUT2D eigenvalue weighted by atomic mass is 10.3. The second-order valence-electron chi connectivity index (χ2n) is 5.61. The van der Waals surface area contributed by atoms with E-state index < -0.39 is 16.1 Å². The van der Waals surface area contributed by atoms with Gasteiger partial charge in [0.2, 0.25) is 15.9 Å². The van der Waals surface area contributed by atoms with Crippen LogP contribution < -0.4 is 4.72 Å². The van der Waals surface area contributed by atoms with Gasteiger partial charge in [0.1, 0.15) is 4.90 Å². The number of sulfonamides is 1. The zero-order valence-corrected chi connectivity index (χ0v) is 14.4. The van der Waals surface area contributed by atoms with Crippen LogP contribution in [-0.4, -0.2) is 49.1 Å². The van der Waals surface area contributed by atoms with Crippen molar-refractivity contribution in [3.63, 3.8) is 0 Å². The molecule has 0 aliphatic heterocycles. The molecule has 1 aromatic rings. The Hall–Kier alpha value is -1.41. The van der Waals surface area contributed by atoms with Gasteiger partial charge in [0, 0.05) is 20.1 Å². The summed E-state index contributed by atoms with van der Waals surface area (Å²) in [4.78, 5) is 13.3. The standard InChI is InChI=1S/C13H24N4O3S/c1-8(2)17-11(5)12(9(3)14-17)21(19,20)15-10(4)13(18)16(6)7/h8,10,15H,1-7H3. The van der Waals surface area contributed by atoms with Crippen molar-refractivity contribution in [1.82, 2.24) is 19.4 Å². The normalized spacial score (nSPS) is 13.5. The topological polar surface area (TPSA) is 84.3 Å². The number of hydrogen-bond donors (Lipinski definition) is 1. The van der Waals surface area contributed by atoms with E-state index in [4.69, 9.17) is 0 Å². The van der Waals surface area contributed by atoms with Gasteiger partial charge in [-0.1, -0.05) is 0 Å². The summed E-state index contributed by atoms with van der Waals surface area (Å²) < 4.78 is 29.1. The highest BCUT2D eigenvalue weighted by Gasteiger charge is 2.29. The third-order valence-corrected chi connectivity index (χ3v) is 4.95. The van der Waals surface area contributed by atoms with Crippen LogP contribution in [0.2, 0.25) is 0 Å². The highest BCUT2D eigenvalue weighted by Crippen LogP contribution is 2.22. The fraction of sp³-hybridized carbons (Fsp3) is 0.692. The van der Waals surface area contributed by atoms with Crippen molar-refractivity contribution in [1.29, 1.82) is 0 Å². The Bertz CT molecular complexity index is 632. The molecule has 1 N–H and O–H groups in total. The van der Waals surface area contributed by atoms with Crippen LogP contribution in [0.25, 0.3) is 0 Å². The van der Waals surface area contributed by atoms with Crippen LogP contribution in [0.1, 0.15) is 38.2 Å². The molecule has 120 valence electrons. The summed E-state index contributed by atoms with van der Waals surface area (Å²) in [6.07, 6.45) is 0. The van der Waals surface area contributed by atoms with Gasteiger partial charge in [0.15, 0.2) is 0 Å². The molecule has 1 amide bonds. The predicted molar refractivity (Wildman–Crippen MR) is 80.6 cm³/mol. The summed E-state index contributed by atoms with van der Waals surface area (Å²) in [7, 11) is -0.625. The Kier molecular flexibility index (Phi) is 5.16. The number of aromatic nitrogens is 2. The maximum absolute atomic E-state index is 12.5. The summed E-state index contributed by atoms with van der Waals surface area (Å²) in [6, 6.07) is -0.764. The average Bonchev–Trinajstić information content (AvgIpc) is 2.63. The number of carbonyl (C=O) groups excluding carboxylic acids is 1. The van der Waals surface area contributed by atoms with Crippen LogP contribution in [0, 0.1) is 13.8 Å². The van der Waals surface area contributed by atoms with Crippen molar-refractivity contribution in [3.05, 3.63) is 11.4 Å². The van der Waals surface area contributed by atoms with Gasteiger partial charge in [-0.05, 0) is 34.6 Å². The molecule has 0 aliphatic carbocycles. The van der Waals surface area contributed by atoms with E-state index in [1.807, 2.05) is 13.8 Å². The lowest BCUT2D eigenvalue weighted by Crippen LogP contribution is -2.44. The van der Waals surface area contributed by atoms with Crippen LogP contribution in [0.15, 0.2) is 4.90 Å². The van der Waals surface area contributed by atoms with Gasteiger partial charge < -0.3 is 4.90 Å². The molecule has 1 unspecified atom stereocenters. The molecule has 8 heteroatoms. The number of likely N-dealkylation sites (N-methyl/N-ethyl adjacent to an activating group) is 1. The van der Waals surface area contributed by atoms with E-state index in [0.29, 0.717) is 11.4 Å². The van der Waals surface area contributed by atoms with Crippen molar-refractivity contribution in [3.8, 4) is 0 Å². The highest BCUT2D eigenvalue weighted by molar-refractivity contribution is 7.89. The summed E-state index contributed by atoms with van der Waals surface area (Å²) in [5, 5.41) is 4.27. The Morgan fingerprint density at radius 3 is 2.14 bits per heavy atom. The number of rotatable bonds is 5. The van der Waals surface area contributed by atoms with Crippen molar-refractivity contribution in [2.45, 2.75) is 51.6 Å². The molecule has 1 aromatic heterocycles. The van der Waals surface area contributed by atoms with E-state index in [0.717, 1.165) is 0 Å². The van der Waals surface area contributed by atoms with Gasteiger partial charge in [0.05, 0.1) is 17.4 Å². The maximum atomic E-state index is 12.5. The van der Waals surface area contributed by atoms with Gasteiger partial charge in [-0.15, -0.1) is 0 Å². The molecular formula is C13H24N4O3S. The van der Waals surface area contributed by atoms with Gasteiger partial charge in [-0.3, -0.25) is 9.48 Å². The summed E-state index contributed by atoms with van der Waals surface area (Å²) in [6.45, 7) is 8.76. The maximum Gasteiger partial charge on any atom is 0.244 e. The first-order valence-corrected chi connectivity index (χ1v) is 8.26. The van der Waals surface area contributed by atoms with Gasteiger partial charge in [-0.25, -0.2) is 8.42 Å². The fourth-order valence-corrected chi connectivity index (χ4v) is 3.87. The van der Waals surface area contributed by atoms with E-state index >= 15 is 0 Å². The number of aryl methyl sites for hydroxylation is 1. The van der Waals surface area contributed by atoms with Gasteiger partial charge in [-0.2, -0.15) is 9.82 Å². The first-order chi connectivity index (χ1) is 9.49. The molecule has 0 spiro atoms. The fourth-order valence-electron chi connectivity index (χ4n) is 2.27. The second-order valence-corrected chi connectivity index (χ2v) is 7.26. The summed E-state index contributed by atoms with van der Waals surface area (Å²) in [5.41, 5.74) is 0.998. The van der Waals surface area contributed by atoms with E-state index in [1.54, 1.807) is 32.6 Å². The minimum absolute atomic E-state index is 0.0634. The quantitative estimate of drug-likeness (QED) is 0.872. The number of carbonyl (C=O) groups is 1. The Balaban J connectivity index is 3.18. The van der Waals surface area contributed by atoms with E-state index in [-0.39, 0.29) is 16.8 Å². The third kappa shape index (κ3) is 3.62. The number of nitrogens with zero attached hydrogens (tertiary/aromatic N) is 3. The predicted octanol–water partition coefficient (Wildman–Crippen LogP) is 0.836. The van der Waals surface area contributed by atoms with Crippen LogP contribution in [0.3, 0.4) is 0 Å². The van der Waals surface area contributed by atoms with E-state index in [9.17, 15) is 13.2 Å². The minimum atomic E-state index is -3.79. The zero-order valence-electron chi connectivity index (χ0n) is 13.6. The van der Waals surface area contributed by atoms with Crippen LogP contribution in [-0.2, 0) is 14.8 Å². The number of amides is 1. The van der Waals surface area contributed by atoms with Gasteiger partial charge in [0.25, 0.3) is 0 Å². The molecule has 7 nitrogen and oxygen atoms in total. The summed E-state index contributed by atoms with van der Waals surface area (Å²) in [5.74, 6) is -0.301. The molecule has 0 saturated carbocycles. The Labute approximate surface area is 126 Å². The Morgan fingerprint density at radius 2 is 1.76 bits per heavy atom. The monoisotopic (exact) mass is 316 g/mol. The molecule has 0 aromatic carbocycles. The molecule has 1 heterocycles. The lowest BCUT2D eigenvalue weighted by Gasteiger charge is -2.18. The van der Waals surface area contributed by atoms with Crippen LogP contribution in [0.5, 0.6) is 0 Å². The average molecular weight is 316 g/mol.